The van der Waals surface area contributed by atoms with Gasteiger partial charge in [-0.1, -0.05) is 12.1 Å². The third kappa shape index (κ3) is 5.70. The fourth-order valence-corrected chi connectivity index (χ4v) is 7.89. The first-order valence-corrected chi connectivity index (χ1v) is 14.7. The van der Waals surface area contributed by atoms with Gasteiger partial charge in [0, 0.05) is 21.2 Å². The van der Waals surface area contributed by atoms with Crippen molar-refractivity contribution in [1.82, 2.24) is 5.32 Å². The predicted octanol–water partition coefficient (Wildman–Crippen LogP) is 7.22. The molecule has 3 N–H and O–H groups in total. The number of rotatable bonds is 5. The molecule has 37 heavy (non-hydrogen) atoms. The Labute approximate surface area is 226 Å². The number of ether oxygens (including phenoxy) is 1. The lowest BCUT2D eigenvalue weighted by Crippen LogP contribution is -2.30. The van der Waals surface area contributed by atoms with E-state index in [-0.39, 0.29) is 17.7 Å². The van der Waals surface area contributed by atoms with Crippen LogP contribution in [-0.4, -0.2) is 22.7 Å². The van der Waals surface area contributed by atoms with Gasteiger partial charge in [-0.05, 0) is 107 Å². The lowest BCUT2D eigenvalue weighted by Gasteiger charge is -2.21. The Morgan fingerprint density at radius 3 is 2.35 bits per heavy atom. The first kappa shape index (κ1) is 25.8. The zero-order valence-electron chi connectivity index (χ0n) is 21.7. The second-order valence-corrected chi connectivity index (χ2v) is 13.0. The Morgan fingerprint density at radius 1 is 0.973 bits per heavy atom. The Morgan fingerprint density at radius 2 is 1.65 bits per heavy atom. The maximum Gasteiger partial charge on any atom is 0.341 e. The molecule has 0 radical (unpaired) electrons. The quantitative estimate of drug-likeness (QED) is 0.299. The average Bonchev–Trinajstić information content (AvgIpc) is 3.39. The number of aromatic hydroxyl groups is 1. The second kappa shape index (κ2) is 10.5. The lowest BCUT2D eigenvalue weighted by atomic mass is 9.93. The van der Waals surface area contributed by atoms with Crippen molar-refractivity contribution >= 4 is 39.7 Å². The molecule has 8 heteroatoms. The van der Waals surface area contributed by atoms with Crippen LogP contribution < -0.4 is 10.6 Å². The van der Waals surface area contributed by atoms with Crippen LogP contribution in [0.3, 0.4) is 0 Å². The summed E-state index contributed by atoms with van der Waals surface area (Å²) in [6.45, 7) is 5.95. The molecule has 0 aliphatic heterocycles. The summed E-state index contributed by atoms with van der Waals surface area (Å²) in [4.78, 5) is 29.9. The molecule has 2 amide bonds. The van der Waals surface area contributed by atoms with Crippen molar-refractivity contribution in [3.63, 3.8) is 0 Å². The lowest BCUT2D eigenvalue weighted by molar-refractivity contribution is 0.00699. The van der Waals surface area contributed by atoms with Gasteiger partial charge in [-0.25, -0.2) is 9.59 Å². The maximum absolute atomic E-state index is 13.1. The molecule has 2 aliphatic carbocycles. The van der Waals surface area contributed by atoms with Gasteiger partial charge < -0.3 is 15.2 Å². The van der Waals surface area contributed by atoms with Crippen LogP contribution in [0.25, 0.3) is 10.4 Å². The van der Waals surface area contributed by atoms with Crippen LogP contribution in [0.5, 0.6) is 5.75 Å². The Bertz CT molecular complexity index is 1330. The van der Waals surface area contributed by atoms with E-state index < -0.39 is 5.60 Å². The molecule has 2 heterocycles. The number of urea groups is 1. The van der Waals surface area contributed by atoms with Gasteiger partial charge in [-0.2, -0.15) is 0 Å². The Balaban J connectivity index is 1.38. The number of esters is 1. The molecule has 0 atom stereocenters. The number of carbonyl (C=O) groups excluding carboxylic acids is 2. The third-order valence-corrected chi connectivity index (χ3v) is 9.41. The number of nitrogens with one attached hydrogen (secondary N) is 2. The fraction of sp³-hybridized carbons (Fsp3) is 0.448. The molecule has 196 valence electrons. The van der Waals surface area contributed by atoms with Crippen LogP contribution >= 0.6 is 22.7 Å². The van der Waals surface area contributed by atoms with Gasteiger partial charge in [0.1, 0.15) is 16.4 Å². The SMILES string of the molecule is CC(C)(C)OC(=O)c1c(NC(=O)NCc2c(-c3cccc(O)c3)sc3c2CCCC3)sc2c1CCCC2. The molecule has 6 nitrogen and oxygen atoms in total. The van der Waals surface area contributed by atoms with Crippen LogP contribution in [0.2, 0.25) is 0 Å². The first-order valence-electron chi connectivity index (χ1n) is 13.0. The number of thiophene rings is 2. The molecule has 0 saturated carbocycles. The topological polar surface area (TPSA) is 87.7 Å². The number of anilines is 1. The zero-order chi connectivity index (χ0) is 26.2. The van der Waals surface area contributed by atoms with Crippen LogP contribution in [0.1, 0.15) is 83.3 Å². The van der Waals surface area contributed by atoms with Gasteiger partial charge in [0.05, 0.1) is 5.56 Å². The van der Waals surface area contributed by atoms with Gasteiger partial charge in [-0.3, -0.25) is 5.32 Å². The normalized spacial score (nSPS) is 15.0. The summed E-state index contributed by atoms with van der Waals surface area (Å²) < 4.78 is 5.70. The number of phenols is 1. The van der Waals surface area contributed by atoms with Crippen molar-refractivity contribution in [2.24, 2.45) is 0 Å². The minimum Gasteiger partial charge on any atom is -0.508 e. The molecule has 2 aliphatic rings. The van der Waals surface area contributed by atoms with Gasteiger partial charge in [0.25, 0.3) is 0 Å². The molecule has 0 unspecified atom stereocenters. The van der Waals surface area contributed by atoms with E-state index in [4.69, 9.17) is 4.74 Å². The minimum absolute atomic E-state index is 0.233. The van der Waals surface area contributed by atoms with Gasteiger partial charge in [0.15, 0.2) is 0 Å². The number of fused-ring (bicyclic) bond motifs is 2. The highest BCUT2D eigenvalue weighted by molar-refractivity contribution is 7.17. The molecule has 3 aromatic rings. The minimum atomic E-state index is -0.611. The third-order valence-electron chi connectivity index (χ3n) is 6.82. The molecule has 0 spiro atoms. The van der Waals surface area contributed by atoms with E-state index in [2.05, 4.69) is 10.6 Å². The average molecular weight is 539 g/mol. The van der Waals surface area contributed by atoms with Crippen molar-refractivity contribution < 1.29 is 19.4 Å². The van der Waals surface area contributed by atoms with E-state index in [9.17, 15) is 14.7 Å². The van der Waals surface area contributed by atoms with E-state index in [1.54, 1.807) is 23.5 Å². The summed E-state index contributed by atoms with van der Waals surface area (Å²) in [5.41, 5.74) is 4.35. The standard InChI is InChI=1S/C29H34N2O4S2/c1-29(2,3)35-27(33)24-20-12-5-7-14-23(20)37-26(24)31-28(34)30-16-21-19-11-4-6-13-22(19)36-25(21)17-9-8-10-18(32)15-17/h8-10,15,32H,4-7,11-14,16H2,1-3H3,(H2,30,31,34). The number of aryl methyl sites for hydroxylation is 2. The van der Waals surface area contributed by atoms with Crippen molar-refractivity contribution in [3.8, 4) is 16.2 Å². The van der Waals surface area contributed by atoms with Crippen molar-refractivity contribution in [2.75, 3.05) is 5.32 Å². The molecule has 1 aromatic carbocycles. The zero-order valence-corrected chi connectivity index (χ0v) is 23.3. The summed E-state index contributed by atoms with van der Waals surface area (Å²) in [6.07, 6.45) is 8.26. The second-order valence-electron chi connectivity index (χ2n) is 10.8. The van der Waals surface area contributed by atoms with Crippen molar-refractivity contribution in [3.05, 3.63) is 56.3 Å². The molecular formula is C29H34N2O4S2. The summed E-state index contributed by atoms with van der Waals surface area (Å²) >= 11 is 3.26. The molecule has 2 aromatic heterocycles. The predicted molar refractivity (Wildman–Crippen MR) is 150 cm³/mol. The van der Waals surface area contributed by atoms with Gasteiger partial charge in [0.2, 0.25) is 0 Å². The van der Waals surface area contributed by atoms with E-state index >= 15 is 0 Å². The monoisotopic (exact) mass is 538 g/mol. The smallest absolute Gasteiger partial charge is 0.341 e. The summed E-state index contributed by atoms with van der Waals surface area (Å²) in [5, 5.41) is 16.6. The van der Waals surface area contributed by atoms with Crippen molar-refractivity contribution in [2.45, 2.75) is 84.3 Å². The number of hydrogen-bond donors (Lipinski definition) is 3. The summed E-state index contributed by atoms with van der Waals surface area (Å²) in [5.74, 6) is -0.142. The van der Waals surface area contributed by atoms with Crippen LogP contribution in [0.15, 0.2) is 24.3 Å². The highest BCUT2D eigenvalue weighted by Gasteiger charge is 2.30. The highest BCUT2D eigenvalue weighted by Crippen LogP contribution is 2.42. The van der Waals surface area contributed by atoms with Gasteiger partial charge in [-0.15, -0.1) is 22.7 Å². The van der Waals surface area contributed by atoms with E-state index in [1.807, 2.05) is 32.9 Å². The van der Waals surface area contributed by atoms with E-state index in [0.29, 0.717) is 17.1 Å². The van der Waals surface area contributed by atoms with Crippen LogP contribution in [0.4, 0.5) is 9.80 Å². The number of phenolic OH excluding ortho intramolecular Hbond substituents is 1. The molecule has 0 fully saturated rings. The summed E-state index contributed by atoms with van der Waals surface area (Å²) in [6, 6.07) is 6.98. The molecule has 5 rings (SSSR count). The molecule has 0 bridgehead atoms. The molecule has 0 saturated heterocycles. The van der Waals surface area contributed by atoms with Gasteiger partial charge >= 0.3 is 12.0 Å². The Hall–Kier alpha value is -2.84. The highest BCUT2D eigenvalue weighted by atomic mass is 32.1. The number of benzene rings is 1. The van der Waals surface area contributed by atoms with E-state index in [0.717, 1.165) is 66.5 Å². The van der Waals surface area contributed by atoms with Crippen molar-refractivity contribution in [1.29, 1.82) is 0 Å². The largest absolute Gasteiger partial charge is 0.508 e. The first-order chi connectivity index (χ1) is 17.7. The Kier molecular flexibility index (Phi) is 7.32. The maximum atomic E-state index is 13.1. The molecular weight excluding hydrogens is 504 g/mol. The number of carbonyl (C=O) groups is 2. The fourth-order valence-electron chi connectivity index (χ4n) is 5.21. The van der Waals surface area contributed by atoms with E-state index in [1.165, 1.54) is 33.1 Å². The summed E-state index contributed by atoms with van der Waals surface area (Å²) in [7, 11) is 0. The number of amides is 2. The number of hydrogen-bond acceptors (Lipinski definition) is 6. The van der Waals surface area contributed by atoms with Crippen LogP contribution in [-0.2, 0) is 37.0 Å². The van der Waals surface area contributed by atoms with Crippen LogP contribution in [0, 0.1) is 0 Å².